The fourth-order valence-corrected chi connectivity index (χ4v) is 1.58. The molecule has 98 valence electrons. The first-order valence-electron chi connectivity index (χ1n) is 5.14. The molecule has 0 fully saturated rings. The average Bonchev–Trinajstić information content (AvgIpc) is 2.33. The molecular formula is C13H7F4NO. The molecule has 0 heterocycles. The fourth-order valence-electron chi connectivity index (χ4n) is 1.58. The van der Waals surface area contributed by atoms with Crippen molar-refractivity contribution in [1.82, 2.24) is 0 Å². The van der Waals surface area contributed by atoms with Crippen molar-refractivity contribution in [2.75, 3.05) is 5.73 Å². The van der Waals surface area contributed by atoms with E-state index in [0.717, 1.165) is 18.2 Å². The lowest BCUT2D eigenvalue weighted by atomic mass is 10.0. The zero-order valence-corrected chi connectivity index (χ0v) is 9.38. The summed E-state index contributed by atoms with van der Waals surface area (Å²) in [5.41, 5.74) is 4.35. The Hall–Kier alpha value is -2.37. The Bertz CT molecular complexity index is 670. The van der Waals surface area contributed by atoms with Crippen LogP contribution in [-0.4, -0.2) is 5.78 Å². The van der Waals surface area contributed by atoms with E-state index >= 15 is 0 Å². The molecule has 0 radical (unpaired) electrons. The van der Waals surface area contributed by atoms with Crippen molar-refractivity contribution in [3.63, 3.8) is 0 Å². The topological polar surface area (TPSA) is 43.1 Å². The van der Waals surface area contributed by atoms with Gasteiger partial charge in [0.05, 0.1) is 5.56 Å². The summed E-state index contributed by atoms with van der Waals surface area (Å²) in [4.78, 5) is 11.9. The molecule has 2 N–H and O–H groups in total. The van der Waals surface area contributed by atoms with Crippen LogP contribution >= 0.6 is 0 Å². The van der Waals surface area contributed by atoms with Crippen molar-refractivity contribution in [3.05, 3.63) is 64.7 Å². The third-order valence-corrected chi connectivity index (χ3v) is 2.51. The lowest BCUT2D eigenvalue weighted by Gasteiger charge is -2.06. The van der Waals surface area contributed by atoms with E-state index in [1.165, 1.54) is 0 Å². The minimum Gasteiger partial charge on any atom is -0.398 e. The Morgan fingerprint density at radius 2 is 1.47 bits per heavy atom. The highest BCUT2D eigenvalue weighted by molar-refractivity contribution is 6.12. The molecule has 0 aliphatic rings. The second-order valence-electron chi connectivity index (χ2n) is 3.81. The number of hydrogen-bond donors (Lipinski definition) is 1. The maximum absolute atomic E-state index is 13.4. The molecule has 19 heavy (non-hydrogen) atoms. The van der Waals surface area contributed by atoms with Gasteiger partial charge in [-0.15, -0.1) is 0 Å². The molecular weight excluding hydrogens is 262 g/mol. The molecule has 0 saturated heterocycles. The fraction of sp³-hybridized carbons (Fsp3) is 0. The van der Waals surface area contributed by atoms with Gasteiger partial charge in [0, 0.05) is 17.3 Å². The molecule has 2 aromatic rings. The largest absolute Gasteiger partial charge is 0.398 e. The van der Waals surface area contributed by atoms with Gasteiger partial charge in [-0.3, -0.25) is 4.79 Å². The minimum absolute atomic E-state index is 0.189. The lowest BCUT2D eigenvalue weighted by molar-refractivity contribution is 0.103. The maximum atomic E-state index is 13.4. The van der Waals surface area contributed by atoms with Crippen molar-refractivity contribution in [2.45, 2.75) is 0 Å². The molecule has 2 rings (SSSR count). The first-order chi connectivity index (χ1) is 8.90. The van der Waals surface area contributed by atoms with E-state index in [2.05, 4.69) is 0 Å². The van der Waals surface area contributed by atoms with Crippen LogP contribution in [0.5, 0.6) is 0 Å². The van der Waals surface area contributed by atoms with E-state index in [9.17, 15) is 22.4 Å². The number of anilines is 1. The van der Waals surface area contributed by atoms with Gasteiger partial charge in [0.25, 0.3) is 0 Å². The van der Waals surface area contributed by atoms with Crippen LogP contribution in [0.1, 0.15) is 15.9 Å². The Morgan fingerprint density at radius 3 is 2.11 bits per heavy atom. The Balaban J connectivity index is 2.53. The number of nitrogen functional groups attached to an aromatic ring is 1. The molecule has 0 aliphatic carbocycles. The molecule has 0 aliphatic heterocycles. The van der Waals surface area contributed by atoms with Crippen molar-refractivity contribution < 1.29 is 22.4 Å². The zero-order valence-electron chi connectivity index (χ0n) is 9.38. The molecule has 0 amide bonds. The minimum atomic E-state index is -1.40. The van der Waals surface area contributed by atoms with Gasteiger partial charge in [-0.1, -0.05) is 0 Å². The number of hydrogen-bond acceptors (Lipinski definition) is 2. The van der Waals surface area contributed by atoms with E-state index in [-0.39, 0.29) is 17.3 Å². The first kappa shape index (κ1) is 13.1. The van der Waals surface area contributed by atoms with Crippen molar-refractivity contribution in [3.8, 4) is 0 Å². The van der Waals surface area contributed by atoms with Crippen LogP contribution in [-0.2, 0) is 0 Å². The Labute approximate surface area is 105 Å². The third-order valence-electron chi connectivity index (χ3n) is 2.51. The van der Waals surface area contributed by atoms with Crippen LogP contribution in [0, 0.1) is 23.3 Å². The predicted octanol–water partition coefficient (Wildman–Crippen LogP) is 3.06. The molecule has 0 spiro atoms. The molecule has 0 unspecified atom stereocenters. The Morgan fingerprint density at radius 1 is 0.842 bits per heavy atom. The van der Waals surface area contributed by atoms with Crippen molar-refractivity contribution in [2.24, 2.45) is 0 Å². The van der Waals surface area contributed by atoms with E-state index < -0.39 is 34.6 Å². The highest BCUT2D eigenvalue weighted by atomic mass is 19.2. The SMILES string of the molecule is Nc1cc(F)ccc1C(=O)c1cc(F)c(F)cc1F. The van der Waals surface area contributed by atoms with Gasteiger partial charge in [0.15, 0.2) is 17.4 Å². The van der Waals surface area contributed by atoms with Gasteiger partial charge in [-0.05, 0) is 24.3 Å². The summed E-state index contributed by atoms with van der Waals surface area (Å²) in [6.45, 7) is 0. The molecule has 2 nitrogen and oxygen atoms in total. The van der Waals surface area contributed by atoms with Crippen LogP contribution in [0.25, 0.3) is 0 Å². The average molecular weight is 269 g/mol. The molecule has 0 atom stereocenters. The second-order valence-corrected chi connectivity index (χ2v) is 3.81. The molecule has 0 saturated carbocycles. The van der Waals surface area contributed by atoms with Crippen LogP contribution in [0.2, 0.25) is 0 Å². The smallest absolute Gasteiger partial charge is 0.198 e. The number of carbonyl (C=O) groups excluding carboxylic acids is 1. The predicted molar refractivity (Wildman–Crippen MR) is 60.6 cm³/mol. The van der Waals surface area contributed by atoms with Gasteiger partial charge in [0.1, 0.15) is 11.6 Å². The monoisotopic (exact) mass is 269 g/mol. The van der Waals surface area contributed by atoms with Crippen molar-refractivity contribution in [1.29, 1.82) is 0 Å². The van der Waals surface area contributed by atoms with Gasteiger partial charge in [-0.2, -0.15) is 0 Å². The van der Waals surface area contributed by atoms with Gasteiger partial charge in [0.2, 0.25) is 0 Å². The molecule has 6 heteroatoms. The van der Waals surface area contributed by atoms with E-state index in [1.54, 1.807) is 0 Å². The number of halogens is 4. The molecule has 0 bridgehead atoms. The van der Waals surface area contributed by atoms with Crippen LogP contribution in [0.4, 0.5) is 23.2 Å². The quantitative estimate of drug-likeness (QED) is 0.394. The van der Waals surface area contributed by atoms with Gasteiger partial charge < -0.3 is 5.73 Å². The number of nitrogens with two attached hydrogens (primary N) is 1. The summed E-state index contributed by atoms with van der Waals surface area (Å²) in [6.07, 6.45) is 0. The summed E-state index contributed by atoms with van der Waals surface area (Å²) in [5, 5.41) is 0. The van der Waals surface area contributed by atoms with Crippen LogP contribution < -0.4 is 5.73 Å². The van der Waals surface area contributed by atoms with E-state index in [0.29, 0.717) is 6.07 Å². The van der Waals surface area contributed by atoms with Crippen LogP contribution in [0.15, 0.2) is 30.3 Å². The summed E-state index contributed by atoms with van der Waals surface area (Å²) in [6, 6.07) is 3.60. The standard InChI is InChI=1S/C13H7F4NO/c14-6-1-2-7(12(18)3-6)13(19)8-4-10(16)11(17)5-9(8)15/h1-5H,18H2. The highest BCUT2D eigenvalue weighted by Crippen LogP contribution is 2.21. The Kier molecular flexibility index (Phi) is 3.25. The van der Waals surface area contributed by atoms with E-state index in [4.69, 9.17) is 5.73 Å². The molecule has 2 aromatic carbocycles. The summed E-state index contributed by atoms with van der Waals surface area (Å²) in [7, 11) is 0. The van der Waals surface area contributed by atoms with Gasteiger partial charge >= 0.3 is 0 Å². The summed E-state index contributed by atoms with van der Waals surface area (Å²) < 4.78 is 52.0. The van der Waals surface area contributed by atoms with Crippen molar-refractivity contribution >= 4 is 11.5 Å². The van der Waals surface area contributed by atoms with Crippen LogP contribution in [0.3, 0.4) is 0 Å². The summed E-state index contributed by atoms with van der Waals surface area (Å²) >= 11 is 0. The normalized spacial score (nSPS) is 10.5. The van der Waals surface area contributed by atoms with E-state index in [1.807, 2.05) is 0 Å². The third kappa shape index (κ3) is 2.42. The highest BCUT2D eigenvalue weighted by Gasteiger charge is 2.19. The number of carbonyl (C=O) groups is 1. The lowest BCUT2D eigenvalue weighted by Crippen LogP contribution is -2.09. The number of rotatable bonds is 2. The zero-order chi connectivity index (χ0) is 14.2. The van der Waals surface area contributed by atoms with Gasteiger partial charge in [-0.25, -0.2) is 17.6 Å². The molecule has 0 aromatic heterocycles. The number of ketones is 1. The summed E-state index contributed by atoms with van der Waals surface area (Å²) in [5.74, 6) is -5.59. The first-order valence-corrected chi connectivity index (χ1v) is 5.14. The maximum Gasteiger partial charge on any atom is 0.198 e. The second kappa shape index (κ2) is 4.72. The number of benzene rings is 2.